The lowest BCUT2D eigenvalue weighted by atomic mass is 10.1. The zero-order chi connectivity index (χ0) is 14.0. The quantitative estimate of drug-likeness (QED) is 0.594. The lowest BCUT2D eigenvalue weighted by Gasteiger charge is -2.19. The molecular formula is C14H28N2O2. The molecule has 0 saturated heterocycles. The third-order valence-electron chi connectivity index (χ3n) is 3.26. The van der Waals surface area contributed by atoms with Crippen LogP contribution in [0.3, 0.4) is 0 Å². The minimum atomic E-state index is 0.204. The summed E-state index contributed by atoms with van der Waals surface area (Å²) in [5.41, 5.74) is 0. The number of hydrogen-bond donors (Lipinski definition) is 0. The van der Waals surface area contributed by atoms with E-state index in [1.807, 2.05) is 37.5 Å². The van der Waals surface area contributed by atoms with Crippen molar-refractivity contribution in [3.8, 4) is 0 Å². The van der Waals surface area contributed by atoms with Crippen LogP contribution in [0.15, 0.2) is 0 Å². The highest BCUT2D eigenvalue weighted by Crippen LogP contribution is 2.06. The van der Waals surface area contributed by atoms with Crippen LogP contribution in [-0.2, 0) is 9.59 Å². The second-order valence-corrected chi connectivity index (χ2v) is 4.34. The zero-order valence-corrected chi connectivity index (χ0v) is 12.4. The Hall–Kier alpha value is -1.06. The van der Waals surface area contributed by atoms with E-state index < -0.39 is 0 Å². The Morgan fingerprint density at radius 1 is 0.667 bits per heavy atom. The zero-order valence-electron chi connectivity index (χ0n) is 12.4. The predicted molar refractivity (Wildman–Crippen MR) is 74.3 cm³/mol. The molecule has 0 saturated carbocycles. The fourth-order valence-corrected chi connectivity index (χ4v) is 2.02. The van der Waals surface area contributed by atoms with Crippen molar-refractivity contribution in [2.75, 3.05) is 26.2 Å². The van der Waals surface area contributed by atoms with Gasteiger partial charge < -0.3 is 9.80 Å². The normalized spacial score (nSPS) is 10.2. The third kappa shape index (κ3) is 6.03. The molecule has 0 fully saturated rings. The molecule has 0 bridgehead atoms. The third-order valence-corrected chi connectivity index (χ3v) is 3.26. The highest BCUT2D eigenvalue weighted by molar-refractivity contribution is 5.77. The van der Waals surface area contributed by atoms with E-state index in [1.165, 1.54) is 0 Å². The largest absolute Gasteiger partial charge is 0.343 e. The molecule has 0 aromatic rings. The van der Waals surface area contributed by atoms with Crippen molar-refractivity contribution in [3.05, 3.63) is 0 Å². The van der Waals surface area contributed by atoms with Gasteiger partial charge in [-0.3, -0.25) is 9.59 Å². The van der Waals surface area contributed by atoms with Gasteiger partial charge in [0.15, 0.2) is 0 Å². The van der Waals surface area contributed by atoms with Gasteiger partial charge in [0, 0.05) is 39.0 Å². The number of unbranched alkanes of at least 4 members (excludes halogenated alkanes) is 1. The van der Waals surface area contributed by atoms with Crippen molar-refractivity contribution in [3.63, 3.8) is 0 Å². The summed E-state index contributed by atoms with van der Waals surface area (Å²) in [4.78, 5) is 27.1. The Bertz CT molecular complexity index is 220. The summed E-state index contributed by atoms with van der Waals surface area (Å²) in [6, 6.07) is 0. The summed E-state index contributed by atoms with van der Waals surface area (Å²) in [6.07, 6.45) is 2.74. The molecule has 0 atom stereocenters. The maximum absolute atomic E-state index is 11.7. The van der Waals surface area contributed by atoms with Crippen molar-refractivity contribution >= 4 is 11.8 Å². The molecule has 0 aromatic heterocycles. The van der Waals surface area contributed by atoms with Crippen LogP contribution in [0.1, 0.15) is 53.4 Å². The Balaban J connectivity index is 3.79. The molecule has 2 amide bonds. The highest BCUT2D eigenvalue weighted by Gasteiger charge is 2.11. The maximum atomic E-state index is 11.7. The summed E-state index contributed by atoms with van der Waals surface area (Å²) in [6.45, 7) is 11.1. The van der Waals surface area contributed by atoms with Gasteiger partial charge in [-0.1, -0.05) is 0 Å². The molecule has 0 N–H and O–H groups in total. The minimum absolute atomic E-state index is 0.204. The standard InChI is InChI=1S/C14H28N2O2/c1-5-15(6-2)13(17)11-9-10-12-14(18)16(7-3)8-4/h5-12H2,1-4H3. The lowest BCUT2D eigenvalue weighted by molar-refractivity contribution is -0.132. The Morgan fingerprint density at radius 3 is 1.17 bits per heavy atom. The molecule has 0 aliphatic rings. The predicted octanol–water partition coefficient (Wildman–Crippen LogP) is 2.28. The van der Waals surface area contributed by atoms with Gasteiger partial charge in [-0.2, -0.15) is 0 Å². The molecular weight excluding hydrogens is 228 g/mol. The average Bonchev–Trinajstić information content (AvgIpc) is 2.37. The van der Waals surface area contributed by atoms with Crippen LogP contribution < -0.4 is 0 Å². The highest BCUT2D eigenvalue weighted by atomic mass is 16.2. The molecule has 0 unspecified atom stereocenters. The van der Waals surface area contributed by atoms with Crippen LogP contribution >= 0.6 is 0 Å². The van der Waals surface area contributed by atoms with Gasteiger partial charge in [0.25, 0.3) is 0 Å². The maximum Gasteiger partial charge on any atom is 0.222 e. The van der Waals surface area contributed by atoms with E-state index in [1.54, 1.807) is 0 Å². The Labute approximate surface area is 111 Å². The van der Waals surface area contributed by atoms with Crippen LogP contribution in [0.5, 0.6) is 0 Å². The topological polar surface area (TPSA) is 40.6 Å². The number of carbonyl (C=O) groups is 2. The Kier molecular flexibility index (Phi) is 9.33. The summed E-state index contributed by atoms with van der Waals surface area (Å²) < 4.78 is 0. The van der Waals surface area contributed by atoms with E-state index in [0.29, 0.717) is 12.8 Å². The molecule has 4 nitrogen and oxygen atoms in total. The Morgan fingerprint density at radius 2 is 0.944 bits per heavy atom. The van der Waals surface area contributed by atoms with Crippen LogP contribution in [0, 0.1) is 0 Å². The molecule has 0 rings (SSSR count). The van der Waals surface area contributed by atoms with Crippen molar-refractivity contribution in [1.29, 1.82) is 0 Å². The fraction of sp³-hybridized carbons (Fsp3) is 0.857. The smallest absolute Gasteiger partial charge is 0.222 e. The van der Waals surface area contributed by atoms with E-state index in [4.69, 9.17) is 0 Å². The molecule has 0 aromatic carbocycles. The molecule has 18 heavy (non-hydrogen) atoms. The SMILES string of the molecule is CCN(CC)C(=O)CCCCC(=O)N(CC)CC. The van der Waals surface area contributed by atoms with E-state index in [0.717, 1.165) is 39.0 Å². The molecule has 4 heteroatoms. The van der Waals surface area contributed by atoms with Gasteiger partial charge in [0.2, 0.25) is 11.8 Å². The van der Waals surface area contributed by atoms with Crippen LogP contribution in [-0.4, -0.2) is 47.8 Å². The van der Waals surface area contributed by atoms with Crippen molar-refractivity contribution < 1.29 is 9.59 Å². The molecule has 106 valence electrons. The first-order chi connectivity index (χ1) is 8.60. The minimum Gasteiger partial charge on any atom is -0.343 e. The summed E-state index contributed by atoms with van der Waals surface area (Å²) in [5, 5.41) is 0. The summed E-state index contributed by atoms with van der Waals surface area (Å²) in [7, 11) is 0. The van der Waals surface area contributed by atoms with Gasteiger partial charge in [0.05, 0.1) is 0 Å². The number of rotatable bonds is 9. The van der Waals surface area contributed by atoms with E-state index in [9.17, 15) is 9.59 Å². The number of hydrogen-bond acceptors (Lipinski definition) is 2. The van der Waals surface area contributed by atoms with Crippen molar-refractivity contribution in [2.45, 2.75) is 53.4 Å². The van der Waals surface area contributed by atoms with Gasteiger partial charge in [-0.15, -0.1) is 0 Å². The second-order valence-electron chi connectivity index (χ2n) is 4.34. The van der Waals surface area contributed by atoms with Crippen molar-refractivity contribution in [1.82, 2.24) is 9.80 Å². The molecule has 0 aliphatic carbocycles. The first-order valence-corrected chi connectivity index (χ1v) is 7.16. The van der Waals surface area contributed by atoms with Crippen molar-refractivity contribution in [2.24, 2.45) is 0 Å². The monoisotopic (exact) mass is 256 g/mol. The first kappa shape index (κ1) is 16.9. The average molecular weight is 256 g/mol. The number of amides is 2. The lowest BCUT2D eigenvalue weighted by Crippen LogP contribution is -2.31. The number of nitrogens with zero attached hydrogens (tertiary/aromatic N) is 2. The molecule has 0 heterocycles. The second kappa shape index (κ2) is 9.92. The summed E-state index contributed by atoms with van der Waals surface area (Å²) >= 11 is 0. The summed E-state index contributed by atoms with van der Waals surface area (Å²) in [5.74, 6) is 0.408. The van der Waals surface area contributed by atoms with E-state index >= 15 is 0 Å². The van der Waals surface area contributed by atoms with Gasteiger partial charge in [-0.25, -0.2) is 0 Å². The van der Waals surface area contributed by atoms with E-state index in [-0.39, 0.29) is 11.8 Å². The van der Waals surface area contributed by atoms with Crippen LogP contribution in [0.4, 0.5) is 0 Å². The first-order valence-electron chi connectivity index (χ1n) is 7.16. The van der Waals surface area contributed by atoms with Gasteiger partial charge >= 0.3 is 0 Å². The van der Waals surface area contributed by atoms with E-state index in [2.05, 4.69) is 0 Å². The molecule has 0 radical (unpaired) electrons. The molecule has 0 aliphatic heterocycles. The fourth-order valence-electron chi connectivity index (χ4n) is 2.02. The van der Waals surface area contributed by atoms with Crippen LogP contribution in [0.25, 0.3) is 0 Å². The molecule has 0 spiro atoms. The van der Waals surface area contributed by atoms with Crippen LogP contribution in [0.2, 0.25) is 0 Å². The number of carbonyl (C=O) groups excluding carboxylic acids is 2. The van der Waals surface area contributed by atoms with Gasteiger partial charge in [0.1, 0.15) is 0 Å². The van der Waals surface area contributed by atoms with Gasteiger partial charge in [-0.05, 0) is 40.5 Å².